The first-order valence-corrected chi connectivity index (χ1v) is 15.5. The van der Waals surface area contributed by atoms with Gasteiger partial charge in [-0.25, -0.2) is 14.4 Å². The molecule has 2 fully saturated rings. The fourth-order valence-corrected chi connectivity index (χ4v) is 5.49. The Kier molecular flexibility index (Phi) is 11.7. The topological polar surface area (TPSA) is 194 Å². The second kappa shape index (κ2) is 16.1. The first-order valence-electron chi connectivity index (χ1n) is 15.5. The monoisotopic (exact) mass is 680 g/mol. The Morgan fingerprint density at radius 3 is 1.51 bits per heavy atom. The van der Waals surface area contributed by atoms with Crippen LogP contribution in [0, 0.1) is 0 Å². The molecule has 49 heavy (non-hydrogen) atoms. The molecule has 2 saturated heterocycles. The summed E-state index contributed by atoms with van der Waals surface area (Å²) in [4.78, 5) is 52.1. The lowest BCUT2D eigenvalue weighted by atomic mass is 9.96. The summed E-state index contributed by atoms with van der Waals surface area (Å²) in [6.45, 7) is 1.86. The SMILES string of the molecule is CC(=O)O[C@@H]1[C@@H](OC(=O)c2ccccc2)[C@@H](OC(=O)c2ccccc2)[C@H](O[C@H]2[C@@H](O)[C@@H](CO)O[C@@H](O)[C@@H]2OC(=O)c2ccccc2)O[C@H]1C. The zero-order valence-corrected chi connectivity index (χ0v) is 26.5. The van der Waals surface area contributed by atoms with Crippen molar-refractivity contribution in [1.82, 2.24) is 0 Å². The van der Waals surface area contributed by atoms with Crippen LogP contribution in [0.25, 0.3) is 0 Å². The minimum Gasteiger partial charge on any atom is -0.456 e. The van der Waals surface area contributed by atoms with E-state index in [4.69, 9.17) is 33.2 Å². The van der Waals surface area contributed by atoms with Gasteiger partial charge in [0.2, 0.25) is 0 Å². The number of esters is 4. The average molecular weight is 681 g/mol. The zero-order chi connectivity index (χ0) is 35.1. The van der Waals surface area contributed by atoms with Crippen molar-refractivity contribution in [2.75, 3.05) is 6.61 Å². The van der Waals surface area contributed by atoms with Gasteiger partial charge in [-0.3, -0.25) is 4.79 Å². The van der Waals surface area contributed by atoms with Crippen molar-refractivity contribution in [3.63, 3.8) is 0 Å². The molecule has 14 heteroatoms. The molecule has 0 bridgehead atoms. The zero-order valence-electron chi connectivity index (χ0n) is 26.5. The largest absolute Gasteiger partial charge is 0.456 e. The van der Waals surface area contributed by atoms with Gasteiger partial charge in [0.25, 0.3) is 0 Å². The van der Waals surface area contributed by atoms with Crippen LogP contribution in [0.1, 0.15) is 44.9 Å². The molecule has 0 unspecified atom stereocenters. The van der Waals surface area contributed by atoms with Crippen LogP contribution in [0.2, 0.25) is 0 Å². The van der Waals surface area contributed by atoms with Gasteiger partial charge in [-0.05, 0) is 43.3 Å². The van der Waals surface area contributed by atoms with Gasteiger partial charge in [-0.15, -0.1) is 0 Å². The number of carbonyl (C=O) groups excluding carboxylic acids is 4. The third-order valence-electron chi connectivity index (χ3n) is 7.89. The molecule has 14 nitrogen and oxygen atoms in total. The van der Waals surface area contributed by atoms with Crippen LogP contribution in [0.4, 0.5) is 0 Å². The van der Waals surface area contributed by atoms with Crippen molar-refractivity contribution in [1.29, 1.82) is 0 Å². The molecule has 3 N–H and O–H groups in total. The Hall–Kier alpha value is -4.70. The average Bonchev–Trinajstić information content (AvgIpc) is 3.11. The molecule has 260 valence electrons. The molecule has 2 aliphatic heterocycles. The molecule has 2 heterocycles. The van der Waals surface area contributed by atoms with E-state index in [1.54, 1.807) is 54.6 Å². The minimum absolute atomic E-state index is 0.105. The maximum Gasteiger partial charge on any atom is 0.338 e. The normalized spacial score (nSPS) is 29.7. The first-order chi connectivity index (χ1) is 23.6. The van der Waals surface area contributed by atoms with Crippen LogP contribution in [0.5, 0.6) is 0 Å². The number of carbonyl (C=O) groups is 4. The Balaban J connectivity index is 1.52. The number of ether oxygens (including phenoxy) is 7. The third kappa shape index (κ3) is 8.48. The fourth-order valence-electron chi connectivity index (χ4n) is 5.49. The Morgan fingerprint density at radius 2 is 1.06 bits per heavy atom. The van der Waals surface area contributed by atoms with Crippen LogP contribution in [0.15, 0.2) is 91.0 Å². The predicted molar refractivity (Wildman–Crippen MR) is 166 cm³/mol. The lowest BCUT2D eigenvalue weighted by Gasteiger charge is -2.47. The molecule has 5 rings (SSSR count). The van der Waals surface area contributed by atoms with Crippen molar-refractivity contribution >= 4 is 23.9 Å². The van der Waals surface area contributed by atoms with Crippen molar-refractivity contribution < 1.29 is 67.7 Å². The summed E-state index contributed by atoms with van der Waals surface area (Å²) in [6, 6.07) is 23.5. The van der Waals surface area contributed by atoms with Gasteiger partial charge in [-0.2, -0.15) is 0 Å². The lowest BCUT2D eigenvalue weighted by molar-refractivity contribution is -0.350. The Labute approximate surface area is 281 Å². The Bertz CT molecular complexity index is 1570. The highest BCUT2D eigenvalue weighted by Crippen LogP contribution is 2.34. The second-order valence-corrected chi connectivity index (χ2v) is 11.3. The molecule has 0 amide bonds. The molecular formula is C35H36O14. The number of hydrogen-bond acceptors (Lipinski definition) is 14. The first kappa shape index (κ1) is 35.6. The number of benzene rings is 3. The summed E-state index contributed by atoms with van der Waals surface area (Å²) in [6.07, 6.45) is -15.7. The van der Waals surface area contributed by atoms with Gasteiger partial charge in [0.05, 0.1) is 29.4 Å². The molecular weight excluding hydrogens is 644 g/mol. The van der Waals surface area contributed by atoms with Crippen LogP contribution >= 0.6 is 0 Å². The number of hydrogen-bond donors (Lipinski definition) is 3. The molecule has 3 aromatic rings. The molecule has 10 atom stereocenters. The molecule has 0 saturated carbocycles. The van der Waals surface area contributed by atoms with E-state index in [0.717, 1.165) is 6.92 Å². The van der Waals surface area contributed by atoms with Gasteiger partial charge in [0.1, 0.15) is 18.3 Å². The lowest BCUT2D eigenvalue weighted by Crippen LogP contribution is -2.66. The molecule has 0 aliphatic carbocycles. The van der Waals surface area contributed by atoms with Gasteiger partial charge >= 0.3 is 23.9 Å². The Morgan fingerprint density at radius 1 is 0.612 bits per heavy atom. The highest BCUT2D eigenvalue weighted by Gasteiger charge is 2.55. The summed E-state index contributed by atoms with van der Waals surface area (Å²) in [5.41, 5.74) is 0.352. The van der Waals surface area contributed by atoms with E-state index in [1.807, 2.05) is 0 Å². The van der Waals surface area contributed by atoms with Crippen LogP contribution in [-0.4, -0.2) is 107 Å². The summed E-state index contributed by atoms with van der Waals surface area (Å²) >= 11 is 0. The standard InChI is InChI=1S/C35H36O14/c1-19-26(44-20(2)37)28(46-31(39)21-12-6-3-7-13-21)30(48-33(41)23-16-10-5-11-17-23)35(43-19)49-27-25(38)24(18-36)45-34(42)29(27)47-32(40)22-14-8-4-9-15-22/h3-17,19,24-30,34-36,38,42H,18H2,1-2H3/t19-,24+,25-,26-,27-,28+,29+,30+,34+,35-/m0/s1. The van der Waals surface area contributed by atoms with Gasteiger partial charge in [0.15, 0.2) is 37.0 Å². The maximum absolute atomic E-state index is 13.5. The van der Waals surface area contributed by atoms with Crippen LogP contribution in [-0.2, 0) is 38.0 Å². The van der Waals surface area contributed by atoms with E-state index < -0.39 is 91.9 Å². The van der Waals surface area contributed by atoms with Crippen molar-refractivity contribution in [3.8, 4) is 0 Å². The fraction of sp³-hybridized carbons (Fsp3) is 0.371. The smallest absolute Gasteiger partial charge is 0.338 e. The van der Waals surface area contributed by atoms with E-state index in [9.17, 15) is 34.5 Å². The van der Waals surface area contributed by atoms with Gasteiger partial charge in [-0.1, -0.05) is 54.6 Å². The summed E-state index contributed by atoms with van der Waals surface area (Å²) < 4.78 is 40.3. The van der Waals surface area contributed by atoms with E-state index in [1.165, 1.54) is 43.3 Å². The van der Waals surface area contributed by atoms with E-state index >= 15 is 0 Å². The predicted octanol–water partition coefficient (Wildman–Crippen LogP) is 1.80. The van der Waals surface area contributed by atoms with E-state index in [0.29, 0.717) is 0 Å². The quantitative estimate of drug-likeness (QED) is 0.207. The molecule has 0 aromatic heterocycles. The second-order valence-electron chi connectivity index (χ2n) is 11.3. The summed E-state index contributed by atoms with van der Waals surface area (Å²) in [5, 5.41) is 32.0. The number of rotatable bonds is 10. The van der Waals surface area contributed by atoms with Gasteiger partial charge in [0, 0.05) is 6.92 Å². The van der Waals surface area contributed by atoms with E-state index in [2.05, 4.69) is 0 Å². The highest BCUT2D eigenvalue weighted by atomic mass is 16.7. The molecule has 2 aliphatic rings. The minimum atomic E-state index is -1.90. The highest BCUT2D eigenvalue weighted by molar-refractivity contribution is 5.90. The summed E-state index contributed by atoms with van der Waals surface area (Å²) in [5.74, 6) is -3.40. The van der Waals surface area contributed by atoms with Crippen molar-refractivity contribution in [2.24, 2.45) is 0 Å². The molecule has 0 spiro atoms. The van der Waals surface area contributed by atoms with Gasteiger partial charge < -0.3 is 48.5 Å². The molecule has 3 aromatic carbocycles. The number of aliphatic hydroxyl groups is 3. The van der Waals surface area contributed by atoms with Crippen molar-refractivity contribution in [2.45, 2.75) is 75.3 Å². The van der Waals surface area contributed by atoms with Crippen molar-refractivity contribution in [3.05, 3.63) is 108 Å². The maximum atomic E-state index is 13.5. The van der Waals surface area contributed by atoms with E-state index in [-0.39, 0.29) is 16.7 Å². The van der Waals surface area contributed by atoms with Crippen LogP contribution in [0.3, 0.4) is 0 Å². The third-order valence-corrected chi connectivity index (χ3v) is 7.89. The molecule has 0 radical (unpaired) electrons. The summed E-state index contributed by atoms with van der Waals surface area (Å²) in [7, 11) is 0. The number of aliphatic hydroxyl groups excluding tert-OH is 3. The van der Waals surface area contributed by atoms with Crippen LogP contribution < -0.4 is 0 Å².